The number of pyridine rings is 1. The number of imidazole rings is 1. The van der Waals surface area contributed by atoms with Gasteiger partial charge in [-0.05, 0) is 25.1 Å². The van der Waals surface area contributed by atoms with Crippen LogP contribution in [-0.4, -0.2) is 33.8 Å². The zero-order valence-electron chi connectivity index (χ0n) is 14.3. The highest BCUT2D eigenvalue weighted by Crippen LogP contribution is 2.31. The number of nitrogens with one attached hydrogen (secondary N) is 1. The molecule has 2 heterocycles. The maximum absolute atomic E-state index is 13.3. The van der Waals surface area contributed by atoms with Crippen molar-refractivity contribution < 1.29 is 22.6 Å². The number of aromatic nitrogens is 3. The van der Waals surface area contributed by atoms with Crippen molar-refractivity contribution in [2.45, 2.75) is 29.6 Å². The lowest BCUT2D eigenvalue weighted by molar-refractivity contribution is -0.198. The van der Waals surface area contributed by atoms with Gasteiger partial charge < -0.3 is 14.5 Å². The number of ether oxygens (including phenoxy) is 2. The minimum absolute atomic E-state index is 0.221. The average Bonchev–Trinajstić information content (AvgIpc) is 3.02. The van der Waals surface area contributed by atoms with Crippen LogP contribution in [0.1, 0.15) is 11.3 Å². The molecule has 2 aromatic heterocycles. The van der Waals surface area contributed by atoms with E-state index in [1.165, 1.54) is 30.0 Å². The first kappa shape index (κ1) is 19.6. The fraction of sp³-hybridized carbons (Fsp3) is 0.294. The quantitative estimate of drug-likeness (QED) is 0.429. The molecule has 0 spiro atoms. The summed E-state index contributed by atoms with van der Waals surface area (Å²) in [5.41, 5.74) is -0.125. The molecule has 1 unspecified atom stereocenters. The highest BCUT2D eigenvalue weighted by Gasteiger charge is 2.42. The molecule has 1 N–H and O–H groups in total. The SMILES string of the molecule is COc1ccnc(CSc2nc3ccc(OC(F)(F)C(F)Cl)cc3[nH]2)c1C. The lowest BCUT2D eigenvalue weighted by Crippen LogP contribution is -2.32. The van der Waals surface area contributed by atoms with Crippen LogP contribution in [0.3, 0.4) is 0 Å². The molecule has 0 bridgehead atoms. The van der Waals surface area contributed by atoms with E-state index in [1.54, 1.807) is 19.4 Å². The highest BCUT2D eigenvalue weighted by molar-refractivity contribution is 7.98. The van der Waals surface area contributed by atoms with E-state index in [9.17, 15) is 13.2 Å². The molecule has 3 rings (SSSR count). The topological polar surface area (TPSA) is 60.0 Å². The molecule has 0 fully saturated rings. The number of thioether (sulfide) groups is 1. The van der Waals surface area contributed by atoms with Crippen LogP contribution in [0, 0.1) is 6.92 Å². The molecule has 0 saturated heterocycles. The number of hydrogen-bond acceptors (Lipinski definition) is 5. The lowest BCUT2D eigenvalue weighted by atomic mass is 10.2. The second-order valence-corrected chi connectivity index (χ2v) is 6.91. The smallest absolute Gasteiger partial charge is 0.444 e. The first-order valence-corrected chi connectivity index (χ1v) is 9.18. The standard InChI is InChI=1S/C17H15ClF3N3O2S/c1-9-13(22-6-5-14(9)25-2)8-27-16-23-11-4-3-10(7-12(11)24-16)26-17(20,21)15(18)19/h3-7,15H,8H2,1-2H3,(H,23,24). The molecule has 1 atom stereocenters. The van der Waals surface area contributed by atoms with E-state index in [2.05, 4.69) is 19.7 Å². The molecule has 3 aromatic rings. The van der Waals surface area contributed by atoms with E-state index in [-0.39, 0.29) is 5.75 Å². The van der Waals surface area contributed by atoms with Crippen molar-refractivity contribution in [1.29, 1.82) is 0 Å². The summed E-state index contributed by atoms with van der Waals surface area (Å²) in [6, 6.07) is 5.87. The number of rotatable bonds is 7. The molecule has 10 heteroatoms. The molecule has 144 valence electrons. The first-order valence-electron chi connectivity index (χ1n) is 7.76. The zero-order valence-corrected chi connectivity index (χ0v) is 15.9. The van der Waals surface area contributed by atoms with Crippen molar-refractivity contribution in [3.63, 3.8) is 0 Å². The van der Waals surface area contributed by atoms with Crippen LogP contribution in [0.2, 0.25) is 0 Å². The summed E-state index contributed by atoms with van der Waals surface area (Å²) in [5, 5.41) is 0.582. The normalized spacial score (nSPS) is 13.0. The van der Waals surface area contributed by atoms with Gasteiger partial charge in [-0.25, -0.2) is 9.37 Å². The molecule has 0 radical (unpaired) electrons. The maximum Gasteiger partial charge on any atom is 0.444 e. The second-order valence-electron chi connectivity index (χ2n) is 5.56. The molecule has 0 saturated carbocycles. The van der Waals surface area contributed by atoms with Crippen LogP contribution in [0.25, 0.3) is 11.0 Å². The van der Waals surface area contributed by atoms with Crippen LogP contribution in [0.5, 0.6) is 11.5 Å². The van der Waals surface area contributed by atoms with E-state index in [1.807, 2.05) is 6.92 Å². The third-order valence-corrected chi connectivity index (χ3v) is 4.90. The van der Waals surface area contributed by atoms with Gasteiger partial charge in [0.1, 0.15) is 11.5 Å². The molecule has 0 aliphatic carbocycles. The third kappa shape index (κ3) is 4.41. The molecular formula is C17H15ClF3N3O2S. The van der Waals surface area contributed by atoms with Crippen LogP contribution >= 0.6 is 23.4 Å². The van der Waals surface area contributed by atoms with Gasteiger partial charge in [0.15, 0.2) is 5.16 Å². The van der Waals surface area contributed by atoms with E-state index >= 15 is 0 Å². The predicted molar refractivity (Wildman–Crippen MR) is 97.5 cm³/mol. The Morgan fingerprint density at radius 1 is 1.33 bits per heavy atom. The number of nitrogens with zero attached hydrogens (tertiary/aromatic N) is 2. The largest absolute Gasteiger partial charge is 0.496 e. The summed E-state index contributed by atoms with van der Waals surface area (Å²) >= 11 is 6.20. The Morgan fingerprint density at radius 3 is 2.81 bits per heavy atom. The Labute approximate surface area is 162 Å². The Bertz CT molecular complexity index is 952. The van der Waals surface area contributed by atoms with Crippen molar-refractivity contribution in [3.05, 3.63) is 41.7 Å². The van der Waals surface area contributed by atoms with Gasteiger partial charge in [-0.15, -0.1) is 0 Å². The molecular weight excluding hydrogens is 403 g/mol. The minimum atomic E-state index is -4.12. The second kappa shape index (κ2) is 7.85. The summed E-state index contributed by atoms with van der Waals surface area (Å²) in [6.07, 6.45) is -2.46. The average molecular weight is 418 g/mol. The van der Waals surface area contributed by atoms with Crippen molar-refractivity contribution in [2.75, 3.05) is 7.11 Å². The number of fused-ring (bicyclic) bond motifs is 1. The van der Waals surface area contributed by atoms with Crippen molar-refractivity contribution >= 4 is 34.4 Å². The Kier molecular flexibility index (Phi) is 5.71. The van der Waals surface area contributed by atoms with E-state index < -0.39 is 11.7 Å². The summed E-state index contributed by atoms with van der Waals surface area (Å²) in [4.78, 5) is 11.7. The van der Waals surface area contributed by atoms with Gasteiger partial charge in [-0.2, -0.15) is 8.78 Å². The van der Waals surface area contributed by atoms with Gasteiger partial charge in [0.2, 0.25) is 0 Å². The molecule has 1 aromatic carbocycles. The van der Waals surface area contributed by atoms with Gasteiger partial charge in [-0.3, -0.25) is 4.98 Å². The first-order chi connectivity index (χ1) is 12.8. The lowest BCUT2D eigenvalue weighted by Gasteiger charge is -2.17. The summed E-state index contributed by atoms with van der Waals surface area (Å²) in [7, 11) is 1.59. The molecule has 5 nitrogen and oxygen atoms in total. The maximum atomic E-state index is 13.3. The van der Waals surface area contributed by atoms with Crippen LogP contribution < -0.4 is 9.47 Å². The van der Waals surface area contributed by atoms with E-state index in [0.717, 1.165) is 17.0 Å². The van der Waals surface area contributed by atoms with Crippen LogP contribution in [-0.2, 0) is 5.75 Å². The number of benzene rings is 1. The minimum Gasteiger partial charge on any atom is -0.496 e. The van der Waals surface area contributed by atoms with Gasteiger partial charge in [-0.1, -0.05) is 23.4 Å². The summed E-state index contributed by atoms with van der Waals surface area (Å²) in [5.74, 6) is 1.07. The van der Waals surface area contributed by atoms with Gasteiger partial charge >= 0.3 is 6.11 Å². The Morgan fingerprint density at radius 2 is 2.11 bits per heavy atom. The van der Waals surface area contributed by atoms with Crippen LogP contribution in [0.15, 0.2) is 35.6 Å². The van der Waals surface area contributed by atoms with Crippen molar-refractivity contribution in [1.82, 2.24) is 15.0 Å². The number of hydrogen-bond donors (Lipinski definition) is 1. The highest BCUT2D eigenvalue weighted by atomic mass is 35.5. The molecule has 0 aliphatic rings. The summed E-state index contributed by atoms with van der Waals surface area (Å²) < 4.78 is 48.8. The zero-order chi connectivity index (χ0) is 19.6. The van der Waals surface area contributed by atoms with E-state index in [0.29, 0.717) is 21.9 Å². The Balaban J connectivity index is 1.75. The monoisotopic (exact) mass is 417 g/mol. The number of alkyl halides is 4. The number of halogens is 4. The number of methoxy groups -OCH3 is 1. The van der Waals surface area contributed by atoms with Gasteiger partial charge in [0.25, 0.3) is 5.63 Å². The summed E-state index contributed by atoms with van der Waals surface area (Å²) in [6.45, 7) is 1.92. The van der Waals surface area contributed by atoms with Crippen LogP contribution in [0.4, 0.5) is 13.2 Å². The molecule has 0 amide bonds. The third-order valence-electron chi connectivity index (χ3n) is 3.76. The fourth-order valence-electron chi connectivity index (χ4n) is 2.36. The van der Waals surface area contributed by atoms with E-state index in [4.69, 9.17) is 16.3 Å². The molecule has 27 heavy (non-hydrogen) atoms. The predicted octanol–water partition coefficient (Wildman–Crippen LogP) is 5.07. The number of aromatic amines is 1. The van der Waals surface area contributed by atoms with Crippen molar-refractivity contribution in [3.8, 4) is 11.5 Å². The van der Waals surface area contributed by atoms with Gasteiger partial charge in [0.05, 0.1) is 23.8 Å². The van der Waals surface area contributed by atoms with Crippen molar-refractivity contribution in [2.24, 2.45) is 0 Å². The van der Waals surface area contributed by atoms with Gasteiger partial charge in [0, 0.05) is 23.6 Å². The molecule has 0 aliphatic heterocycles. The number of H-pyrrole nitrogens is 1. The Hall–Kier alpha value is -2.13. The fourth-order valence-corrected chi connectivity index (χ4v) is 3.32.